The lowest BCUT2D eigenvalue weighted by molar-refractivity contribution is 0.690. The van der Waals surface area contributed by atoms with Gasteiger partial charge < -0.3 is 5.73 Å². The van der Waals surface area contributed by atoms with Crippen LogP contribution in [0.2, 0.25) is 0 Å². The van der Waals surface area contributed by atoms with Crippen molar-refractivity contribution in [2.24, 2.45) is 5.73 Å². The molecule has 0 aliphatic carbocycles. The van der Waals surface area contributed by atoms with Crippen LogP contribution in [0.1, 0.15) is 19.8 Å². The molecule has 0 radical (unpaired) electrons. The largest absolute Gasteiger partial charge is 0.328 e. The SMILES string of the molecule is C[C@H](N)CCC(=N)I. The molecule has 0 saturated heterocycles. The van der Waals surface area contributed by atoms with Crippen LogP contribution in [0, 0.1) is 5.41 Å². The molecule has 0 bridgehead atoms. The standard InChI is InChI=1S/C5H11IN2/c1-4(7)2-3-5(6)8/h4,8H,2-3,7H2,1H3/t4-/m0/s1. The summed E-state index contributed by atoms with van der Waals surface area (Å²) in [6.07, 6.45) is 1.76. The molecule has 0 unspecified atom stereocenters. The first-order valence-electron chi connectivity index (χ1n) is 2.61. The Morgan fingerprint density at radius 2 is 2.38 bits per heavy atom. The molecule has 0 fully saturated rings. The minimum Gasteiger partial charge on any atom is -0.328 e. The Bertz CT molecular complexity index is 80.5. The molecule has 3 N–H and O–H groups in total. The highest BCUT2D eigenvalue weighted by Crippen LogP contribution is 1.99. The quantitative estimate of drug-likeness (QED) is 0.556. The van der Waals surface area contributed by atoms with Crippen LogP contribution in [0.25, 0.3) is 0 Å². The van der Waals surface area contributed by atoms with Crippen LogP contribution in [0.15, 0.2) is 0 Å². The van der Waals surface area contributed by atoms with Gasteiger partial charge in [0, 0.05) is 6.04 Å². The molecule has 0 saturated carbocycles. The second-order valence-electron chi connectivity index (χ2n) is 1.92. The van der Waals surface area contributed by atoms with Crippen LogP contribution >= 0.6 is 22.6 Å². The number of rotatable bonds is 3. The van der Waals surface area contributed by atoms with Gasteiger partial charge in [-0.15, -0.1) is 0 Å². The fourth-order valence-electron chi connectivity index (χ4n) is 0.354. The minimum absolute atomic E-state index is 0.241. The van der Waals surface area contributed by atoms with Crippen molar-refractivity contribution in [2.75, 3.05) is 0 Å². The molecular weight excluding hydrogens is 215 g/mol. The van der Waals surface area contributed by atoms with Gasteiger partial charge in [0.1, 0.15) is 0 Å². The van der Waals surface area contributed by atoms with E-state index in [0.717, 1.165) is 12.8 Å². The van der Waals surface area contributed by atoms with Gasteiger partial charge in [-0.05, 0) is 42.4 Å². The van der Waals surface area contributed by atoms with E-state index in [1.54, 1.807) is 0 Å². The predicted octanol–water partition coefficient (Wildman–Crippen LogP) is 1.53. The first-order valence-corrected chi connectivity index (χ1v) is 3.69. The highest BCUT2D eigenvalue weighted by atomic mass is 127. The summed E-state index contributed by atoms with van der Waals surface area (Å²) in [5.74, 6) is 0. The van der Waals surface area contributed by atoms with Crippen molar-refractivity contribution >= 4 is 26.3 Å². The lowest BCUT2D eigenvalue weighted by atomic mass is 10.2. The van der Waals surface area contributed by atoms with E-state index in [2.05, 4.69) is 0 Å². The van der Waals surface area contributed by atoms with E-state index < -0.39 is 0 Å². The summed E-state index contributed by atoms with van der Waals surface area (Å²) in [4.78, 5) is 0. The van der Waals surface area contributed by atoms with Gasteiger partial charge in [0.2, 0.25) is 0 Å². The lowest BCUT2D eigenvalue weighted by Gasteiger charge is -2.00. The number of halogens is 1. The zero-order valence-corrected chi connectivity index (χ0v) is 7.10. The zero-order chi connectivity index (χ0) is 6.57. The molecule has 2 nitrogen and oxygen atoms in total. The van der Waals surface area contributed by atoms with Crippen molar-refractivity contribution in [1.82, 2.24) is 0 Å². The van der Waals surface area contributed by atoms with Crippen molar-refractivity contribution in [3.05, 3.63) is 0 Å². The van der Waals surface area contributed by atoms with Crippen molar-refractivity contribution in [2.45, 2.75) is 25.8 Å². The summed E-state index contributed by atoms with van der Waals surface area (Å²) in [6, 6.07) is 0.241. The Morgan fingerprint density at radius 3 is 2.50 bits per heavy atom. The van der Waals surface area contributed by atoms with Gasteiger partial charge in [-0.25, -0.2) is 0 Å². The molecule has 0 rings (SSSR count). The summed E-state index contributed by atoms with van der Waals surface area (Å²) in [7, 11) is 0. The van der Waals surface area contributed by atoms with Gasteiger partial charge in [0.05, 0.1) is 3.72 Å². The average Bonchev–Trinajstić information content (AvgIpc) is 1.61. The summed E-state index contributed by atoms with van der Waals surface area (Å²) < 4.78 is 0.694. The van der Waals surface area contributed by atoms with E-state index in [1.165, 1.54) is 0 Å². The molecule has 0 amide bonds. The number of hydrogen-bond acceptors (Lipinski definition) is 2. The van der Waals surface area contributed by atoms with Crippen molar-refractivity contribution in [1.29, 1.82) is 5.41 Å². The number of hydrogen-bond donors (Lipinski definition) is 2. The third-order valence-electron chi connectivity index (χ3n) is 0.819. The van der Waals surface area contributed by atoms with Crippen LogP contribution in [0.5, 0.6) is 0 Å². The van der Waals surface area contributed by atoms with E-state index in [4.69, 9.17) is 11.1 Å². The van der Waals surface area contributed by atoms with Crippen LogP contribution in [0.4, 0.5) is 0 Å². The van der Waals surface area contributed by atoms with E-state index >= 15 is 0 Å². The van der Waals surface area contributed by atoms with Crippen molar-refractivity contribution < 1.29 is 0 Å². The Labute approximate surface area is 63.5 Å². The Balaban J connectivity index is 3.05. The Hall–Kier alpha value is 0.360. The fourth-order valence-corrected chi connectivity index (χ4v) is 0.666. The molecule has 0 aromatic rings. The molecule has 0 aliphatic rings. The summed E-state index contributed by atoms with van der Waals surface area (Å²) in [5, 5.41) is 7.02. The second kappa shape index (κ2) is 4.26. The molecule has 48 valence electrons. The predicted molar refractivity (Wildman–Crippen MR) is 44.6 cm³/mol. The van der Waals surface area contributed by atoms with Crippen LogP contribution < -0.4 is 5.73 Å². The lowest BCUT2D eigenvalue weighted by Crippen LogP contribution is -2.14. The van der Waals surface area contributed by atoms with Gasteiger partial charge in [-0.2, -0.15) is 0 Å². The second-order valence-corrected chi connectivity index (χ2v) is 3.22. The molecule has 0 aromatic heterocycles. The molecule has 0 heterocycles. The zero-order valence-electron chi connectivity index (χ0n) is 4.95. The maximum absolute atomic E-state index is 7.02. The fraction of sp³-hybridized carbons (Fsp3) is 0.800. The van der Waals surface area contributed by atoms with E-state index in [-0.39, 0.29) is 6.04 Å². The molecule has 1 atom stereocenters. The van der Waals surface area contributed by atoms with Gasteiger partial charge >= 0.3 is 0 Å². The number of nitrogens with one attached hydrogen (secondary N) is 1. The third kappa shape index (κ3) is 6.36. The Kier molecular flexibility index (Phi) is 4.45. The average molecular weight is 226 g/mol. The highest BCUT2D eigenvalue weighted by Gasteiger charge is 1.94. The van der Waals surface area contributed by atoms with Crippen LogP contribution in [-0.2, 0) is 0 Å². The van der Waals surface area contributed by atoms with Gasteiger partial charge in [0.25, 0.3) is 0 Å². The summed E-state index contributed by atoms with van der Waals surface area (Å²) in [6.45, 7) is 1.96. The van der Waals surface area contributed by atoms with Crippen molar-refractivity contribution in [3.8, 4) is 0 Å². The normalized spacial score (nSPS) is 13.4. The minimum atomic E-state index is 0.241. The third-order valence-corrected chi connectivity index (χ3v) is 1.36. The van der Waals surface area contributed by atoms with Crippen LogP contribution in [0.3, 0.4) is 0 Å². The Morgan fingerprint density at radius 1 is 1.88 bits per heavy atom. The molecule has 0 aromatic carbocycles. The van der Waals surface area contributed by atoms with Gasteiger partial charge in [-0.1, -0.05) is 0 Å². The van der Waals surface area contributed by atoms with Gasteiger partial charge in [0.15, 0.2) is 0 Å². The highest BCUT2D eigenvalue weighted by molar-refractivity contribution is 14.1. The monoisotopic (exact) mass is 226 g/mol. The molecule has 0 aliphatic heterocycles. The van der Waals surface area contributed by atoms with Gasteiger partial charge in [-0.3, -0.25) is 5.41 Å². The van der Waals surface area contributed by atoms with E-state index in [0.29, 0.717) is 3.72 Å². The molecule has 0 spiro atoms. The van der Waals surface area contributed by atoms with E-state index in [9.17, 15) is 0 Å². The van der Waals surface area contributed by atoms with Crippen LogP contribution in [-0.4, -0.2) is 9.76 Å². The van der Waals surface area contributed by atoms with E-state index in [1.807, 2.05) is 29.5 Å². The number of nitrogens with two attached hydrogens (primary N) is 1. The summed E-state index contributed by atoms with van der Waals surface area (Å²) >= 11 is 2.00. The maximum atomic E-state index is 7.02. The molecular formula is C5H11IN2. The summed E-state index contributed by atoms with van der Waals surface area (Å²) in [5.41, 5.74) is 5.44. The van der Waals surface area contributed by atoms with Crippen molar-refractivity contribution in [3.63, 3.8) is 0 Å². The smallest absolute Gasteiger partial charge is 0.0694 e. The maximum Gasteiger partial charge on any atom is 0.0694 e. The topological polar surface area (TPSA) is 49.9 Å². The molecule has 8 heavy (non-hydrogen) atoms. The molecule has 3 heteroatoms. The first-order chi connectivity index (χ1) is 3.63. The first kappa shape index (κ1) is 8.36.